The molecule has 0 saturated carbocycles. The molecule has 0 aliphatic heterocycles. The number of anilines is 1. The summed E-state index contributed by atoms with van der Waals surface area (Å²) in [5, 5.41) is 9.41. The van der Waals surface area contributed by atoms with Crippen LogP contribution in [-0.4, -0.2) is 39.7 Å². The maximum absolute atomic E-state index is 12.4. The van der Waals surface area contributed by atoms with Crippen molar-refractivity contribution in [1.82, 2.24) is 20.0 Å². The fraction of sp³-hybridized carbons (Fsp3) is 0.227. The Hall–Kier alpha value is -3.45. The van der Waals surface area contributed by atoms with Crippen LogP contribution in [0.4, 0.5) is 10.5 Å². The molecule has 7 heteroatoms. The summed E-state index contributed by atoms with van der Waals surface area (Å²) in [7, 11) is 1.84. The summed E-state index contributed by atoms with van der Waals surface area (Å²) in [6.07, 6.45) is 3.77. The zero-order valence-corrected chi connectivity index (χ0v) is 16.6. The van der Waals surface area contributed by atoms with Crippen molar-refractivity contribution < 1.29 is 9.59 Å². The molecule has 1 heterocycles. The summed E-state index contributed by atoms with van der Waals surface area (Å²) in [4.78, 5) is 26.3. The molecule has 0 aliphatic rings. The average Bonchev–Trinajstić information content (AvgIpc) is 3.15. The lowest BCUT2D eigenvalue weighted by molar-refractivity contribution is -0.124. The number of nitrogens with zero attached hydrogens (tertiary/aromatic N) is 3. The molecule has 0 fully saturated rings. The maximum atomic E-state index is 12.4. The average molecular weight is 391 g/mol. The van der Waals surface area contributed by atoms with Crippen LogP contribution in [0.15, 0.2) is 73.1 Å². The number of benzene rings is 2. The Balaban J connectivity index is 1.50. The maximum Gasteiger partial charge on any atom is 0.325 e. The number of aromatic nitrogens is 2. The highest BCUT2D eigenvalue weighted by molar-refractivity contribution is 6.02. The Labute approximate surface area is 170 Å². The van der Waals surface area contributed by atoms with E-state index in [2.05, 4.69) is 27.9 Å². The Kier molecular flexibility index (Phi) is 6.76. The van der Waals surface area contributed by atoms with Crippen LogP contribution < -0.4 is 10.6 Å². The Morgan fingerprint density at radius 3 is 2.38 bits per heavy atom. The largest absolute Gasteiger partial charge is 0.325 e. The van der Waals surface area contributed by atoms with Gasteiger partial charge in [-0.25, -0.2) is 4.79 Å². The second-order valence-electron chi connectivity index (χ2n) is 6.93. The summed E-state index contributed by atoms with van der Waals surface area (Å²) in [5.74, 6) is -0.363. The van der Waals surface area contributed by atoms with E-state index in [1.54, 1.807) is 25.3 Å². The summed E-state index contributed by atoms with van der Waals surface area (Å²) >= 11 is 0. The molecule has 1 atom stereocenters. The zero-order valence-electron chi connectivity index (χ0n) is 16.6. The van der Waals surface area contributed by atoms with E-state index in [-0.39, 0.29) is 5.91 Å². The molecule has 0 spiro atoms. The third-order valence-electron chi connectivity index (χ3n) is 4.62. The molecule has 1 aromatic heterocycles. The first-order valence-electron chi connectivity index (χ1n) is 9.43. The molecule has 0 aliphatic carbocycles. The first kappa shape index (κ1) is 20.3. The molecular formula is C22H25N5O2. The quantitative estimate of drug-likeness (QED) is 0.649. The molecule has 0 saturated heterocycles. The molecule has 0 radical (unpaired) electrons. The third-order valence-corrected chi connectivity index (χ3v) is 4.62. The number of rotatable bonds is 7. The summed E-state index contributed by atoms with van der Waals surface area (Å²) < 4.78 is 1.87. The fourth-order valence-electron chi connectivity index (χ4n) is 2.87. The van der Waals surface area contributed by atoms with Crippen molar-refractivity contribution in [3.63, 3.8) is 0 Å². The van der Waals surface area contributed by atoms with E-state index in [1.807, 2.05) is 59.2 Å². The topological polar surface area (TPSA) is 79.3 Å². The van der Waals surface area contributed by atoms with Gasteiger partial charge in [-0.2, -0.15) is 5.10 Å². The van der Waals surface area contributed by atoms with E-state index >= 15 is 0 Å². The van der Waals surface area contributed by atoms with E-state index in [0.717, 1.165) is 5.56 Å². The lowest BCUT2D eigenvalue weighted by atomic mass is 10.2. The number of urea groups is 1. The normalized spacial score (nSPS) is 11.8. The molecule has 29 heavy (non-hydrogen) atoms. The van der Waals surface area contributed by atoms with Gasteiger partial charge in [0.1, 0.15) is 0 Å². The molecule has 2 aromatic carbocycles. The summed E-state index contributed by atoms with van der Waals surface area (Å²) in [5.41, 5.74) is 2.80. The van der Waals surface area contributed by atoms with Crippen molar-refractivity contribution in [2.75, 3.05) is 12.4 Å². The van der Waals surface area contributed by atoms with E-state index in [9.17, 15) is 9.59 Å². The van der Waals surface area contributed by atoms with Gasteiger partial charge < -0.3 is 5.32 Å². The van der Waals surface area contributed by atoms with Gasteiger partial charge in [-0.05, 0) is 31.7 Å². The molecule has 0 bridgehead atoms. The Bertz CT molecular complexity index is 940. The molecule has 150 valence electrons. The van der Waals surface area contributed by atoms with Crippen LogP contribution in [0.3, 0.4) is 0 Å². The van der Waals surface area contributed by atoms with Crippen LogP contribution in [0.2, 0.25) is 0 Å². The van der Waals surface area contributed by atoms with Gasteiger partial charge in [0.05, 0.1) is 18.8 Å². The predicted octanol–water partition coefficient (Wildman–Crippen LogP) is 3.10. The number of para-hydroxylation sites is 1. The van der Waals surface area contributed by atoms with Crippen molar-refractivity contribution in [3.05, 3.63) is 84.2 Å². The fourth-order valence-corrected chi connectivity index (χ4v) is 2.87. The predicted molar refractivity (Wildman–Crippen MR) is 112 cm³/mol. The van der Waals surface area contributed by atoms with Crippen molar-refractivity contribution in [2.24, 2.45) is 0 Å². The van der Waals surface area contributed by atoms with Gasteiger partial charge in [-0.15, -0.1) is 0 Å². The molecule has 3 rings (SSSR count). The van der Waals surface area contributed by atoms with Crippen LogP contribution in [-0.2, 0) is 17.9 Å². The molecule has 3 aromatic rings. The van der Waals surface area contributed by atoms with Gasteiger partial charge in [-0.1, -0.05) is 48.5 Å². The Morgan fingerprint density at radius 1 is 1.03 bits per heavy atom. The van der Waals surface area contributed by atoms with E-state index in [0.29, 0.717) is 18.8 Å². The van der Waals surface area contributed by atoms with Gasteiger partial charge in [0, 0.05) is 24.0 Å². The molecular weight excluding hydrogens is 366 g/mol. The minimum absolute atomic E-state index is 0.363. The van der Waals surface area contributed by atoms with Crippen LogP contribution in [0.5, 0.6) is 0 Å². The smallest absolute Gasteiger partial charge is 0.308 e. The lowest BCUT2D eigenvalue weighted by Crippen LogP contribution is -2.46. The molecule has 1 unspecified atom stereocenters. The van der Waals surface area contributed by atoms with Crippen LogP contribution in [0.1, 0.15) is 18.1 Å². The number of hydrogen-bond donors (Lipinski definition) is 2. The summed E-state index contributed by atoms with van der Waals surface area (Å²) in [6, 6.07) is 18.1. The number of carbonyl (C=O) groups is 2. The van der Waals surface area contributed by atoms with Crippen molar-refractivity contribution >= 4 is 17.6 Å². The molecule has 2 N–H and O–H groups in total. The Morgan fingerprint density at radius 2 is 1.69 bits per heavy atom. The summed E-state index contributed by atoms with van der Waals surface area (Å²) in [6.45, 7) is 3.00. The highest BCUT2D eigenvalue weighted by Gasteiger charge is 2.20. The minimum Gasteiger partial charge on any atom is -0.308 e. The minimum atomic E-state index is -0.544. The van der Waals surface area contributed by atoms with Gasteiger partial charge in [0.2, 0.25) is 5.91 Å². The standard InChI is InChI=1S/C22H25N5O2/c1-17(21(28)25-22(29)24-20-11-7-4-8-12-20)26(2)14-19-13-23-27(16-19)15-18-9-5-3-6-10-18/h3-13,16-17H,14-15H2,1-2H3,(H2,24,25,28,29). The van der Waals surface area contributed by atoms with E-state index < -0.39 is 12.1 Å². The second-order valence-corrected chi connectivity index (χ2v) is 6.93. The SMILES string of the molecule is CC(C(=O)NC(=O)Nc1ccccc1)N(C)Cc1cnn(Cc2ccccc2)c1. The third kappa shape index (κ3) is 6.02. The van der Waals surface area contributed by atoms with Crippen LogP contribution >= 0.6 is 0 Å². The highest BCUT2D eigenvalue weighted by atomic mass is 16.2. The molecule has 7 nitrogen and oxygen atoms in total. The lowest BCUT2D eigenvalue weighted by Gasteiger charge is -2.22. The van der Waals surface area contributed by atoms with Crippen molar-refractivity contribution in [1.29, 1.82) is 0 Å². The van der Waals surface area contributed by atoms with Crippen molar-refractivity contribution in [3.8, 4) is 0 Å². The van der Waals surface area contributed by atoms with Crippen LogP contribution in [0, 0.1) is 0 Å². The number of imide groups is 1. The number of amides is 3. The number of likely N-dealkylation sites (N-methyl/N-ethyl adjacent to an activating group) is 1. The number of nitrogens with one attached hydrogen (secondary N) is 2. The first-order chi connectivity index (χ1) is 14.0. The van der Waals surface area contributed by atoms with Gasteiger partial charge in [0.25, 0.3) is 0 Å². The van der Waals surface area contributed by atoms with Gasteiger partial charge >= 0.3 is 6.03 Å². The van der Waals surface area contributed by atoms with E-state index in [4.69, 9.17) is 0 Å². The van der Waals surface area contributed by atoms with Gasteiger partial charge in [0.15, 0.2) is 0 Å². The van der Waals surface area contributed by atoms with Crippen LogP contribution in [0.25, 0.3) is 0 Å². The monoisotopic (exact) mass is 391 g/mol. The van der Waals surface area contributed by atoms with E-state index in [1.165, 1.54) is 5.56 Å². The van der Waals surface area contributed by atoms with Gasteiger partial charge in [-0.3, -0.25) is 19.7 Å². The zero-order chi connectivity index (χ0) is 20.6. The number of carbonyl (C=O) groups excluding carboxylic acids is 2. The highest BCUT2D eigenvalue weighted by Crippen LogP contribution is 2.09. The second kappa shape index (κ2) is 9.66. The first-order valence-corrected chi connectivity index (χ1v) is 9.43. The number of hydrogen-bond acceptors (Lipinski definition) is 4. The van der Waals surface area contributed by atoms with Crippen molar-refractivity contribution in [2.45, 2.75) is 26.1 Å². The molecule has 3 amide bonds.